The topological polar surface area (TPSA) is 29.1 Å². The minimum absolute atomic E-state index is 0.232. The Balaban J connectivity index is 1.97. The smallest absolute Gasteiger partial charge is 0.220 e. The van der Waals surface area contributed by atoms with Crippen molar-refractivity contribution < 1.29 is 4.79 Å². The van der Waals surface area contributed by atoms with Crippen LogP contribution in [0.25, 0.3) is 0 Å². The van der Waals surface area contributed by atoms with E-state index in [0.717, 1.165) is 19.3 Å². The van der Waals surface area contributed by atoms with Crippen LogP contribution in [0.15, 0.2) is 24.3 Å². The summed E-state index contributed by atoms with van der Waals surface area (Å²) in [6.07, 6.45) is 3.92. The number of nitrogens with one attached hydrogen (secondary N) is 1. The number of hydrogen-bond acceptors (Lipinski definition) is 1. The van der Waals surface area contributed by atoms with Gasteiger partial charge in [-0.15, -0.1) is 0 Å². The molecule has 1 aliphatic carbocycles. The predicted molar refractivity (Wildman–Crippen MR) is 58.7 cm³/mol. The highest BCUT2D eigenvalue weighted by molar-refractivity contribution is 5.77. The fraction of sp³-hybridized carbons (Fsp3) is 0.462. The molecule has 1 heterocycles. The lowest BCUT2D eigenvalue weighted by Gasteiger charge is -2.37. The lowest BCUT2D eigenvalue weighted by molar-refractivity contribution is -0.123. The molecule has 1 aromatic carbocycles. The number of carbonyl (C=O) groups is 1. The zero-order chi connectivity index (χ0) is 10.3. The summed E-state index contributed by atoms with van der Waals surface area (Å²) >= 11 is 0. The van der Waals surface area contributed by atoms with E-state index < -0.39 is 0 Å². The molecule has 0 bridgehead atoms. The number of piperidine rings is 1. The molecule has 1 saturated heterocycles. The Morgan fingerprint density at radius 3 is 2.93 bits per heavy atom. The first-order chi connectivity index (χ1) is 7.34. The van der Waals surface area contributed by atoms with Gasteiger partial charge >= 0.3 is 0 Å². The Morgan fingerprint density at radius 1 is 1.13 bits per heavy atom. The molecule has 1 amide bonds. The number of hydrogen-bond donors (Lipinski definition) is 1. The summed E-state index contributed by atoms with van der Waals surface area (Å²) in [4.78, 5) is 11.3. The second kappa shape index (κ2) is 3.37. The number of benzene rings is 1. The Hall–Kier alpha value is -1.31. The fourth-order valence-electron chi connectivity index (χ4n) is 2.95. The van der Waals surface area contributed by atoms with Gasteiger partial charge in [0.15, 0.2) is 0 Å². The maximum absolute atomic E-state index is 11.3. The van der Waals surface area contributed by atoms with Crippen molar-refractivity contribution in [2.45, 2.75) is 37.6 Å². The van der Waals surface area contributed by atoms with E-state index in [4.69, 9.17) is 0 Å². The first-order valence-electron chi connectivity index (χ1n) is 5.72. The van der Waals surface area contributed by atoms with E-state index in [1.807, 2.05) is 0 Å². The molecule has 2 heteroatoms. The first-order valence-corrected chi connectivity index (χ1v) is 5.72. The van der Waals surface area contributed by atoms with E-state index >= 15 is 0 Å². The molecule has 0 aromatic heterocycles. The van der Waals surface area contributed by atoms with Crippen LogP contribution in [0.3, 0.4) is 0 Å². The van der Waals surface area contributed by atoms with Crippen molar-refractivity contribution in [3.63, 3.8) is 0 Å². The van der Waals surface area contributed by atoms with Crippen LogP contribution < -0.4 is 5.32 Å². The summed E-state index contributed by atoms with van der Waals surface area (Å²) in [5, 5.41) is 3.12. The zero-order valence-electron chi connectivity index (χ0n) is 8.70. The van der Waals surface area contributed by atoms with Crippen LogP contribution in [0.5, 0.6) is 0 Å². The minimum Gasteiger partial charge on any atom is -0.353 e. The van der Waals surface area contributed by atoms with Crippen LogP contribution >= 0.6 is 0 Å². The quantitative estimate of drug-likeness (QED) is 0.683. The van der Waals surface area contributed by atoms with Crippen LogP contribution in [-0.2, 0) is 11.2 Å². The van der Waals surface area contributed by atoms with Crippen molar-refractivity contribution in [1.82, 2.24) is 5.32 Å². The van der Waals surface area contributed by atoms with E-state index in [1.165, 1.54) is 11.1 Å². The van der Waals surface area contributed by atoms with Gasteiger partial charge in [0.05, 0.1) is 0 Å². The molecular weight excluding hydrogens is 186 g/mol. The van der Waals surface area contributed by atoms with E-state index in [0.29, 0.717) is 18.4 Å². The third-order valence-electron chi connectivity index (χ3n) is 3.69. The predicted octanol–water partition coefficient (Wildman–Crippen LogP) is 1.99. The van der Waals surface area contributed by atoms with Crippen molar-refractivity contribution in [3.8, 4) is 0 Å². The lowest BCUT2D eigenvalue weighted by Crippen LogP contribution is -2.45. The Bertz CT molecular complexity index is 399. The van der Waals surface area contributed by atoms with Gasteiger partial charge < -0.3 is 5.32 Å². The van der Waals surface area contributed by atoms with Crippen LogP contribution in [-0.4, -0.2) is 11.9 Å². The molecule has 2 aliphatic rings. The van der Waals surface area contributed by atoms with Gasteiger partial charge in [0, 0.05) is 18.4 Å². The lowest BCUT2D eigenvalue weighted by atomic mass is 9.75. The number of fused-ring (bicyclic) bond motifs is 3. The molecule has 2 nitrogen and oxygen atoms in total. The molecule has 1 aliphatic heterocycles. The summed E-state index contributed by atoms with van der Waals surface area (Å²) in [6.45, 7) is 0. The van der Waals surface area contributed by atoms with Gasteiger partial charge in [0.25, 0.3) is 0 Å². The standard InChI is InChI=1S/C13H15NO/c15-13-8-6-11-10-4-2-1-3-9(10)5-7-12(11)14-13/h1-4,11-12H,5-8H2,(H,14,15)/t11-,12+/m0/s1. The average molecular weight is 201 g/mol. The van der Waals surface area contributed by atoms with Crippen molar-refractivity contribution in [3.05, 3.63) is 35.4 Å². The number of carbonyl (C=O) groups excluding carboxylic acids is 1. The van der Waals surface area contributed by atoms with Gasteiger partial charge in [-0.2, -0.15) is 0 Å². The SMILES string of the molecule is O=C1CC[C@H]2c3ccccc3CC[C@H]2N1. The number of amides is 1. The maximum Gasteiger partial charge on any atom is 0.220 e. The van der Waals surface area contributed by atoms with Gasteiger partial charge in [-0.25, -0.2) is 0 Å². The zero-order valence-corrected chi connectivity index (χ0v) is 8.70. The number of rotatable bonds is 0. The highest BCUT2D eigenvalue weighted by Crippen LogP contribution is 2.36. The van der Waals surface area contributed by atoms with E-state index in [1.54, 1.807) is 0 Å². The van der Waals surface area contributed by atoms with Crippen molar-refractivity contribution in [2.24, 2.45) is 0 Å². The average Bonchev–Trinajstić information content (AvgIpc) is 2.28. The van der Waals surface area contributed by atoms with Gasteiger partial charge in [0.2, 0.25) is 5.91 Å². The molecule has 0 saturated carbocycles. The van der Waals surface area contributed by atoms with Crippen molar-refractivity contribution in [2.75, 3.05) is 0 Å². The van der Waals surface area contributed by atoms with Gasteiger partial charge in [-0.05, 0) is 30.4 Å². The summed E-state index contributed by atoms with van der Waals surface area (Å²) < 4.78 is 0. The largest absolute Gasteiger partial charge is 0.353 e. The Morgan fingerprint density at radius 2 is 2.00 bits per heavy atom. The highest BCUT2D eigenvalue weighted by atomic mass is 16.1. The molecule has 1 fully saturated rings. The second-order valence-corrected chi connectivity index (χ2v) is 4.56. The minimum atomic E-state index is 0.232. The Kier molecular flexibility index (Phi) is 2.01. The van der Waals surface area contributed by atoms with E-state index in [9.17, 15) is 4.79 Å². The van der Waals surface area contributed by atoms with Crippen LogP contribution in [0.2, 0.25) is 0 Å². The summed E-state index contributed by atoms with van der Waals surface area (Å²) in [5.74, 6) is 0.795. The Labute approximate surface area is 89.7 Å². The molecule has 1 N–H and O–H groups in total. The van der Waals surface area contributed by atoms with Crippen LogP contribution in [0, 0.1) is 0 Å². The third-order valence-corrected chi connectivity index (χ3v) is 3.69. The monoisotopic (exact) mass is 201 g/mol. The first kappa shape index (κ1) is 8.96. The van der Waals surface area contributed by atoms with Crippen LogP contribution in [0.1, 0.15) is 36.3 Å². The summed E-state index contributed by atoms with van der Waals surface area (Å²) in [7, 11) is 0. The molecule has 15 heavy (non-hydrogen) atoms. The normalized spacial score (nSPS) is 28.9. The second-order valence-electron chi connectivity index (χ2n) is 4.56. The van der Waals surface area contributed by atoms with E-state index in [-0.39, 0.29) is 5.91 Å². The molecule has 1 aromatic rings. The molecular formula is C13H15NO. The fourth-order valence-corrected chi connectivity index (χ4v) is 2.95. The molecule has 2 atom stereocenters. The molecule has 0 radical (unpaired) electrons. The van der Waals surface area contributed by atoms with Crippen molar-refractivity contribution in [1.29, 1.82) is 0 Å². The summed E-state index contributed by atoms with van der Waals surface area (Å²) in [6, 6.07) is 9.06. The molecule has 0 unspecified atom stereocenters. The molecule has 0 spiro atoms. The maximum atomic E-state index is 11.3. The van der Waals surface area contributed by atoms with E-state index in [2.05, 4.69) is 29.6 Å². The van der Waals surface area contributed by atoms with Gasteiger partial charge in [-0.3, -0.25) is 4.79 Å². The summed E-state index contributed by atoms with van der Waals surface area (Å²) in [5.41, 5.74) is 2.95. The number of aryl methyl sites for hydroxylation is 1. The van der Waals surface area contributed by atoms with Gasteiger partial charge in [0.1, 0.15) is 0 Å². The van der Waals surface area contributed by atoms with Crippen LogP contribution in [0.4, 0.5) is 0 Å². The molecule has 78 valence electrons. The highest BCUT2D eigenvalue weighted by Gasteiger charge is 2.33. The van der Waals surface area contributed by atoms with Gasteiger partial charge in [-0.1, -0.05) is 24.3 Å². The van der Waals surface area contributed by atoms with Crippen molar-refractivity contribution >= 4 is 5.91 Å². The third kappa shape index (κ3) is 1.44. The molecule has 3 rings (SSSR count).